The van der Waals surface area contributed by atoms with E-state index in [2.05, 4.69) is 48.5 Å². The summed E-state index contributed by atoms with van der Waals surface area (Å²) in [6.07, 6.45) is 3.14. The molecule has 0 aliphatic heterocycles. The molecule has 38 heavy (non-hydrogen) atoms. The molecule has 1 atom stereocenters. The second-order valence-electron chi connectivity index (χ2n) is 11.5. The lowest BCUT2D eigenvalue weighted by molar-refractivity contribution is -0.160. The van der Waals surface area contributed by atoms with E-state index in [9.17, 15) is 9.59 Å². The van der Waals surface area contributed by atoms with Gasteiger partial charge in [-0.3, -0.25) is 4.90 Å². The number of nitrogens with zero attached hydrogens (tertiary/aromatic N) is 1. The Morgan fingerprint density at radius 1 is 0.895 bits per heavy atom. The largest absolute Gasteiger partial charge is 0.458 e. The zero-order chi connectivity index (χ0) is 26.9. The van der Waals surface area contributed by atoms with E-state index in [0.29, 0.717) is 18.8 Å². The van der Waals surface area contributed by atoms with E-state index >= 15 is 0 Å². The van der Waals surface area contributed by atoms with E-state index in [1.165, 1.54) is 34.4 Å². The van der Waals surface area contributed by atoms with E-state index in [4.69, 9.17) is 9.47 Å². The van der Waals surface area contributed by atoms with Gasteiger partial charge in [0.1, 0.15) is 18.2 Å². The van der Waals surface area contributed by atoms with Crippen LogP contribution in [0.1, 0.15) is 74.1 Å². The Bertz CT molecular complexity index is 1260. The molecule has 5 nitrogen and oxygen atoms in total. The second kappa shape index (κ2) is 10.6. The lowest BCUT2D eigenvalue weighted by Crippen LogP contribution is -2.46. The van der Waals surface area contributed by atoms with Crippen LogP contribution < -0.4 is 0 Å². The average Bonchev–Trinajstić information content (AvgIpc) is 3.69. The Balaban J connectivity index is 1.27. The first kappa shape index (κ1) is 26.0. The third-order valence-corrected chi connectivity index (χ3v) is 7.51. The molecular weight excluding hydrogens is 474 g/mol. The lowest BCUT2D eigenvalue weighted by atomic mass is 9.98. The Hall–Kier alpha value is -3.60. The standard InChI is InChI=1S/C33H37NO4/c1-33(2,3)38-31(35)30(20-15-22-13-16-23(17-14-22)24-18-19-24)34(4)32(36)37-21-29-27-11-7-5-9-25(27)26-10-6-8-12-28(26)29/h5-14,16-17,24,29-30H,15,18-21H2,1-4H3. The fraction of sp³-hybridized carbons (Fsp3) is 0.394. The van der Waals surface area contributed by atoms with Crippen LogP contribution in [-0.4, -0.2) is 42.3 Å². The molecule has 3 aromatic rings. The zero-order valence-corrected chi connectivity index (χ0v) is 22.8. The molecule has 0 bridgehead atoms. The van der Waals surface area contributed by atoms with Gasteiger partial charge in [-0.15, -0.1) is 0 Å². The number of likely N-dealkylation sites (N-methyl/N-ethyl adjacent to an activating group) is 1. The minimum Gasteiger partial charge on any atom is -0.458 e. The molecule has 1 fully saturated rings. The van der Waals surface area contributed by atoms with E-state index in [0.717, 1.165) is 16.7 Å². The van der Waals surface area contributed by atoms with Gasteiger partial charge >= 0.3 is 12.1 Å². The molecule has 5 heteroatoms. The first-order valence-corrected chi connectivity index (χ1v) is 13.6. The van der Waals surface area contributed by atoms with Gasteiger partial charge in [0.15, 0.2) is 0 Å². The zero-order valence-electron chi connectivity index (χ0n) is 22.8. The average molecular weight is 512 g/mol. The number of carbonyl (C=O) groups excluding carboxylic acids is 2. The molecule has 0 aromatic heterocycles. The summed E-state index contributed by atoms with van der Waals surface area (Å²) in [6, 6.07) is 24.4. The fourth-order valence-corrected chi connectivity index (χ4v) is 5.34. The minimum absolute atomic E-state index is 0.0373. The Morgan fingerprint density at radius 3 is 2.03 bits per heavy atom. The summed E-state index contributed by atoms with van der Waals surface area (Å²) >= 11 is 0. The van der Waals surface area contributed by atoms with Crippen LogP contribution in [0.5, 0.6) is 0 Å². The van der Waals surface area contributed by atoms with Gasteiger partial charge in [-0.05, 0) is 85.8 Å². The molecule has 0 saturated heterocycles. The number of rotatable bonds is 8. The highest BCUT2D eigenvalue weighted by Crippen LogP contribution is 2.44. The van der Waals surface area contributed by atoms with Gasteiger partial charge in [0.05, 0.1) is 0 Å². The number of fused-ring (bicyclic) bond motifs is 3. The number of hydrogen-bond acceptors (Lipinski definition) is 4. The third-order valence-electron chi connectivity index (χ3n) is 7.51. The van der Waals surface area contributed by atoms with Crippen molar-refractivity contribution in [3.8, 4) is 11.1 Å². The maximum Gasteiger partial charge on any atom is 0.410 e. The predicted octanol–water partition coefficient (Wildman–Crippen LogP) is 7.09. The number of benzene rings is 3. The Kier molecular flexibility index (Phi) is 7.29. The van der Waals surface area contributed by atoms with Crippen molar-refractivity contribution in [3.05, 3.63) is 95.1 Å². The van der Waals surface area contributed by atoms with Crippen LogP contribution in [0.3, 0.4) is 0 Å². The number of hydrogen-bond donors (Lipinski definition) is 0. The van der Waals surface area contributed by atoms with Crippen LogP contribution in [0.2, 0.25) is 0 Å². The Morgan fingerprint density at radius 2 is 1.47 bits per heavy atom. The molecule has 0 N–H and O–H groups in total. The number of amides is 1. The summed E-state index contributed by atoms with van der Waals surface area (Å²) in [5, 5.41) is 0. The fourth-order valence-electron chi connectivity index (χ4n) is 5.34. The summed E-state index contributed by atoms with van der Waals surface area (Å²) < 4.78 is 11.5. The first-order chi connectivity index (χ1) is 18.2. The summed E-state index contributed by atoms with van der Waals surface area (Å²) in [6.45, 7) is 5.73. The number of aryl methyl sites for hydroxylation is 1. The smallest absolute Gasteiger partial charge is 0.410 e. The highest BCUT2D eigenvalue weighted by Gasteiger charge is 2.34. The van der Waals surface area contributed by atoms with Crippen LogP contribution >= 0.6 is 0 Å². The van der Waals surface area contributed by atoms with E-state index in [1.807, 2.05) is 45.0 Å². The van der Waals surface area contributed by atoms with Crippen molar-refractivity contribution in [1.82, 2.24) is 4.90 Å². The number of carbonyl (C=O) groups is 2. The maximum atomic E-state index is 13.3. The van der Waals surface area contributed by atoms with Crippen molar-refractivity contribution in [2.75, 3.05) is 13.7 Å². The predicted molar refractivity (Wildman–Crippen MR) is 149 cm³/mol. The van der Waals surface area contributed by atoms with Gasteiger partial charge in [-0.1, -0.05) is 72.8 Å². The van der Waals surface area contributed by atoms with E-state index < -0.39 is 23.7 Å². The van der Waals surface area contributed by atoms with Crippen molar-refractivity contribution in [3.63, 3.8) is 0 Å². The van der Waals surface area contributed by atoms with Crippen molar-refractivity contribution in [1.29, 1.82) is 0 Å². The van der Waals surface area contributed by atoms with Gasteiger partial charge in [0, 0.05) is 13.0 Å². The summed E-state index contributed by atoms with van der Waals surface area (Å²) in [4.78, 5) is 27.9. The molecule has 0 spiro atoms. The molecule has 0 radical (unpaired) electrons. The summed E-state index contributed by atoms with van der Waals surface area (Å²) in [5.41, 5.74) is 6.54. The summed E-state index contributed by atoms with van der Waals surface area (Å²) in [7, 11) is 1.63. The van der Waals surface area contributed by atoms with Crippen LogP contribution in [0.15, 0.2) is 72.8 Å². The molecule has 2 aliphatic rings. The lowest BCUT2D eigenvalue weighted by Gasteiger charge is -2.30. The molecule has 3 aromatic carbocycles. The number of esters is 1. The maximum absolute atomic E-state index is 13.3. The molecule has 0 heterocycles. The molecule has 2 aliphatic carbocycles. The topological polar surface area (TPSA) is 55.8 Å². The quantitative estimate of drug-likeness (QED) is 0.303. The van der Waals surface area contributed by atoms with Crippen molar-refractivity contribution in [2.45, 2.75) is 69.9 Å². The van der Waals surface area contributed by atoms with Crippen LogP contribution in [0.4, 0.5) is 4.79 Å². The molecule has 1 saturated carbocycles. The van der Waals surface area contributed by atoms with E-state index in [-0.39, 0.29) is 12.5 Å². The molecule has 5 rings (SSSR count). The van der Waals surface area contributed by atoms with Crippen LogP contribution in [-0.2, 0) is 20.7 Å². The van der Waals surface area contributed by atoms with Gasteiger partial charge in [-0.25, -0.2) is 9.59 Å². The third kappa shape index (κ3) is 5.77. The van der Waals surface area contributed by atoms with Gasteiger partial charge < -0.3 is 9.47 Å². The van der Waals surface area contributed by atoms with Gasteiger partial charge in [0.2, 0.25) is 0 Å². The first-order valence-electron chi connectivity index (χ1n) is 13.6. The van der Waals surface area contributed by atoms with E-state index in [1.54, 1.807) is 7.05 Å². The van der Waals surface area contributed by atoms with Crippen LogP contribution in [0.25, 0.3) is 11.1 Å². The molecule has 1 unspecified atom stereocenters. The van der Waals surface area contributed by atoms with Crippen molar-refractivity contribution in [2.24, 2.45) is 0 Å². The van der Waals surface area contributed by atoms with Crippen LogP contribution in [0, 0.1) is 0 Å². The second-order valence-corrected chi connectivity index (χ2v) is 11.5. The highest BCUT2D eigenvalue weighted by atomic mass is 16.6. The number of ether oxygens (including phenoxy) is 2. The van der Waals surface area contributed by atoms with Gasteiger partial charge in [-0.2, -0.15) is 0 Å². The van der Waals surface area contributed by atoms with Crippen molar-refractivity contribution >= 4 is 12.1 Å². The summed E-state index contributed by atoms with van der Waals surface area (Å²) in [5.74, 6) is 0.256. The highest BCUT2D eigenvalue weighted by molar-refractivity contribution is 5.82. The SMILES string of the molecule is CN(C(=O)OCC1c2ccccc2-c2ccccc21)C(CCc1ccc(C2CC2)cc1)C(=O)OC(C)(C)C. The molecule has 198 valence electrons. The minimum atomic E-state index is -0.743. The normalized spacial score (nSPS) is 15.4. The Labute approximate surface area is 225 Å². The molecular formula is C33H37NO4. The van der Waals surface area contributed by atoms with Crippen molar-refractivity contribution < 1.29 is 19.1 Å². The monoisotopic (exact) mass is 511 g/mol. The van der Waals surface area contributed by atoms with Gasteiger partial charge in [0.25, 0.3) is 0 Å². The molecule has 1 amide bonds.